The highest BCUT2D eigenvalue weighted by Gasteiger charge is 2.48. The summed E-state index contributed by atoms with van der Waals surface area (Å²) < 4.78 is 15.0. The number of piperidine rings is 1. The van der Waals surface area contributed by atoms with Gasteiger partial charge in [0.05, 0.1) is 0 Å². The van der Waals surface area contributed by atoms with Crippen molar-refractivity contribution in [3.63, 3.8) is 0 Å². The van der Waals surface area contributed by atoms with Gasteiger partial charge in [0.15, 0.2) is 0 Å². The Hall–Kier alpha value is -2.34. The zero-order valence-corrected chi connectivity index (χ0v) is 20.9. The normalized spacial score (nSPS) is 25.4. The van der Waals surface area contributed by atoms with Crippen LogP contribution >= 0.6 is 0 Å². The Labute approximate surface area is 205 Å². The topological polar surface area (TPSA) is 96.9 Å². The smallest absolute Gasteiger partial charge is 0.253 e. The van der Waals surface area contributed by atoms with E-state index in [9.17, 15) is 14.1 Å². The molecule has 2 fully saturated rings. The van der Waals surface area contributed by atoms with E-state index < -0.39 is 16.9 Å². The maximum absolute atomic E-state index is 13.0. The van der Waals surface area contributed by atoms with Gasteiger partial charge in [-0.05, 0) is 68.7 Å². The molecule has 1 aliphatic carbocycles. The van der Waals surface area contributed by atoms with Crippen LogP contribution < -0.4 is 10.6 Å². The van der Waals surface area contributed by atoms with Crippen LogP contribution in [-0.2, 0) is 27.4 Å². The fraction of sp³-hybridized carbons (Fsp3) is 0.577. The first-order valence-electron chi connectivity index (χ1n) is 12.2. The summed E-state index contributed by atoms with van der Waals surface area (Å²) in [7, 11) is 0. The van der Waals surface area contributed by atoms with Crippen LogP contribution in [0.15, 0.2) is 23.2 Å². The van der Waals surface area contributed by atoms with Crippen molar-refractivity contribution in [1.29, 1.82) is 0 Å². The first-order chi connectivity index (χ1) is 16.3. The summed E-state index contributed by atoms with van der Waals surface area (Å²) in [6.07, 6.45) is 11.4. The lowest BCUT2D eigenvalue weighted by Gasteiger charge is -2.35. The van der Waals surface area contributed by atoms with Crippen LogP contribution in [0.2, 0.25) is 0 Å². The molecule has 0 aromatic heterocycles. The third-order valence-corrected chi connectivity index (χ3v) is 8.89. The molecule has 1 atom stereocenters. The van der Waals surface area contributed by atoms with Gasteiger partial charge in [-0.25, -0.2) is 0 Å². The predicted octanol–water partition coefficient (Wildman–Crippen LogP) is 2.96. The molecule has 1 aromatic carbocycles. The van der Waals surface area contributed by atoms with Crippen LogP contribution in [0.1, 0.15) is 56.6 Å². The molecule has 0 radical (unpaired) electrons. The van der Waals surface area contributed by atoms with E-state index in [2.05, 4.69) is 16.6 Å². The van der Waals surface area contributed by atoms with Crippen LogP contribution in [0.3, 0.4) is 0 Å². The minimum atomic E-state index is -1.11. The molecule has 7 nitrogen and oxygen atoms in total. The predicted molar refractivity (Wildman–Crippen MR) is 136 cm³/mol. The van der Waals surface area contributed by atoms with Crippen molar-refractivity contribution in [3.05, 3.63) is 29.3 Å². The van der Waals surface area contributed by atoms with Crippen molar-refractivity contribution in [3.8, 4) is 12.3 Å². The number of amides is 2. The first kappa shape index (κ1) is 24.8. The molecule has 2 heterocycles. The van der Waals surface area contributed by atoms with Gasteiger partial charge in [0, 0.05) is 55.3 Å². The summed E-state index contributed by atoms with van der Waals surface area (Å²) in [5, 5.41) is 5.86. The van der Waals surface area contributed by atoms with E-state index in [0.29, 0.717) is 49.9 Å². The summed E-state index contributed by atoms with van der Waals surface area (Å²) >= 11 is -1.11. The highest BCUT2D eigenvalue weighted by atomic mass is 32.2. The van der Waals surface area contributed by atoms with Crippen molar-refractivity contribution in [2.24, 2.45) is 16.8 Å². The van der Waals surface area contributed by atoms with Crippen LogP contribution in [0.25, 0.3) is 0 Å². The zero-order valence-electron chi connectivity index (χ0n) is 20.1. The second-order valence-corrected chi connectivity index (χ2v) is 11.3. The Bertz CT molecular complexity index is 1000. The standard InChI is InChI=1S/C26H34N4O3S/c1-4-20-5-7-22(8-6-20)24-28-25(32)26(29-24)12-14-30(15-13-26)34(33)16-11-21-9-10-23(17-18(21)2)27-19(3)31/h1,9-10,17,20,22H,5-8,11-16H2,2-3H3,(H,27,31)(H,28,29,32). The fourth-order valence-corrected chi connectivity index (χ4v) is 6.49. The molecule has 2 N–H and O–H groups in total. The SMILES string of the molecule is C#CC1CCC(C2=NC3(CCN([S+]([O-])CCc4ccc(NC(C)=O)cc4C)CC3)C(=O)N2)CC1. The molecule has 34 heavy (non-hydrogen) atoms. The third-order valence-electron chi connectivity index (χ3n) is 7.39. The Morgan fingerprint density at radius 3 is 2.65 bits per heavy atom. The number of carbonyl (C=O) groups is 2. The largest absolute Gasteiger partial charge is 0.598 e. The number of nitrogens with one attached hydrogen (secondary N) is 2. The summed E-state index contributed by atoms with van der Waals surface area (Å²) in [5.74, 6) is 4.77. The lowest BCUT2D eigenvalue weighted by atomic mass is 9.82. The molecule has 1 unspecified atom stereocenters. The highest BCUT2D eigenvalue weighted by molar-refractivity contribution is 7.89. The molecule has 1 aromatic rings. The fourth-order valence-electron chi connectivity index (χ4n) is 5.25. The van der Waals surface area contributed by atoms with Crippen molar-refractivity contribution in [1.82, 2.24) is 9.62 Å². The van der Waals surface area contributed by atoms with E-state index in [-0.39, 0.29) is 11.8 Å². The van der Waals surface area contributed by atoms with Gasteiger partial charge in [-0.2, -0.15) is 0 Å². The number of hydrogen-bond acceptors (Lipinski definition) is 5. The Morgan fingerprint density at radius 1 is 1.32 bits per heavy atom. The average molecular weight is 483 g/mol. The minimum Gasteiger partial charge on any atom is -0.598 e. The Balaban J connectivity index is 1.29. The lowest BCUT2D eigenvalue weighted by Crippen LogP contribution is -2.51. The van der Waals surface area contributed by atoms with Crippen LogP contribution in [0.4, 0.5) is 5.69 Å². The molecule has 8 heteroatoms. The zero-order chi connectivity index (χ0) is 24.3. The van der Waals surface area contributed by atoms with Crippen LogP contribution in [0, 0.1) is 31.1 Å². The number of benzene rings is 1. The number of rotatable bonds is 6. The van der Waals surface area contributed by atoms with Gasteiger partial charge >= 0.3 is 0 Å². The quantitative estimate of drug-likeness (QED) is 0.481. The molecular weight excluding hydrogens is 448 g/mol. The average Bonchev–Trinajstić information content (AvgIpc) is 3.14. The molecule has 1 saturated carbocycles. The van der Waals surface area contributed by atoms with Gasteiger partial charge in [-0.1, -0.05) is 6.07 Å². The van der Waals surface area contributed by atoms with E-state index in [1.54, 1.807) is 0 Å². The van der Waals surface area contributed by atoms with Crippen molar-refractivity contribution >= 4 is 34.7 Å². The molecule has 4 rings (SSSR count). The molecule has 3 aliphatic rings. The molecule has 182 valence electrons. The second-order valence-electron chi connectivity index (χ2n) is 9.73. The maximum atomic E-state index is 13.0. The lowest BCUT2D eigenvalue weighted by molar-refractivity contribution is -0.125. The minimum absolute atomic E-state index is 0.00175. The number of aryl methyl sites for hydroxylation is 2. The highest BCUT2D eigenvalue weighted by Crippen LogP contribution is 2.36. The number of terminal acetylenes is 1. The first-order valence-corrected chi connectivity index (χ1v) is 13.4. The molecule has 2 aliphatic heterocycles. The van der Waals surface area contributed by atoms with Crippen molar-refractivity contribution in [2.75, 3.05) is 24.2 Å². The van der Waals surface area contributed by atoms with Crippen LogP contribution in [0.5, 0.6) is 0 Å². The molecule has 0 bridgehead atoms. The van der Waals surface area contributed by atoms with Gasteiger partial charge in [0.2, 0.25) is 5.91 Å². The van der Waals surface area contributed by atoms with Gasteiger partial charge in [-0.15, -0.1) is 16.6 Å². The van der Waals surface area contributed by atoms with Crippen molar-refractivity contribution in [2.45, 2.75) is 64.3 Å². The van der Waals surface area contributed by atoms with Gasteiger partial charge < -0.3 is 15.2 Å². The van der Waals surface area contributed by atoms with E-state index in [4.69, 9.17) is 11.4 Å². The van der Waals surface area contributed by atoms with Gasteiger partial charge in [-0.3, -0.25) is 14.6 Å². The maximum Gasteiger partial charge on any atom is 0.253 e. The number of hydrogen-bond donors (Lipinski definition) is 2. The molecular formula is C26H34N4O3S. The Morgan fingerprint density at radius 2 is 2.03 bits per heavy atom. The van der Waals surface area contributed by atoms with Gasteiger partial charge in [0.1, 0.15) is 17.1 Å². The Kier molecular flexibility index (Phi) is 7.66. The summed E-state index contributed by atoms with van der Waals surface area (Å²) in [5.41, 5.74) is 2.27. The molecule has 2 amide bonds. The van der Waals surface area contributed by atoms with Gasteiger partial charge in [0.25, 0.3) is 5.91 Å². The number of amidine groups is 1. The van der Waals surface area contributed by atoms with E-state index in [1.165, 1.54) is 6.92 Å². The summed E-state index contributed by atoms with van der Waals surface area (Å²) in [6, 6.07) is 5.81. The monoisotopic (exact) mass is 482 g/mol. The van der Waals surface area contributed by atoms with E-state index in [0.717, 1.165) is 48.3 Å². The molecule has 1 saturated heterocycles. The van der Waals surface area contributed by atoms with Crippen LogP contribution in [-0.4, -0.2) is 50.9 Å². The van der Waals surface area contributed by atoms with E-state index >= 15 is 0 Å². The summed E-state index contributed by atoms with van der Waals surface area (Å²) in [6.45, 7) is 4.69. The van der Waals surface area contributed by atoms with Crippen molar-refractivity contribution < 1.29 is 14.1 Å². The number of aliphatic imine (C=N–C) groups is 1. The third kappa shape index (κ3) is 5.48. The number of anilines is 1. The number of carbonyl (C=O) groups excluding carboxylic acids is 2. The second kappa shape index (κ2) is 10.5. The van der Waals surface area contributed by atoms with E-state index in [1.807, 2.05) is 29.4 Å². The number of nitrogens with zero attached hydrogens (tertiary/aromatic N) is 2. The summed E-state index contributed by atoms with van der Waals surface area (Å²) in [4.78, 5) is 29.0. The molecule has 1 spiro atoms.